The number of hydrogen-bond donors (Lipinski definition) is 0. The van der Waals surface area contributed by atoms with Gasteiger partial charge in [0.1, 0.15) is 5.82 Å². The summed E-state index contributed by atoms with van der Waals surface area (Å²) in [6.45, 7) is 0. The maximum absolute atomic E-state index is 10.8. The van der Waals surface area contributed by atoms with E-state index in [0.29, 0.717) is 11.5 Å². The quantitative estimate of drug-likeness (QED) is 0.795. The van der Waals surface area contributed by atoms with Crippen molar-refractivity contribution in [3.8, 4) is 0 Å². The minimum Gasteiger partial charge on any atom is -0.298 e. The molecule has 0 atom stereocenters. The smallest absolute Gasteiger partial charge is 0.160 e. The minimum absolute atomic E-state index is 0.669. The average molecular weight is 261 g/mol. The number of carbonyl (C=O) groups is 1. The maximum atomic E-state index is 10.8. The van der Waals surface area contributed by atoms with Crippen molar-refractivity contribution < 1.29 is 4.79 Å². The Balaban J connectivity index is 1.88. The van der Waals surface area contributed by atoms with Gasteiger partial charge >= 0.3 is 0 Å². The summed E-state index contributed by atoms with van der Waals surface area (Å²) in [6.07, 6.45) is 6.17. The predicted molar refractivity (Wildman–Crippen MR) is 72.1 cm³/mol. The van der Waals surface area contributed by atoms with Crippen LogP contribution in [0.3, 0.4) is 0 Å². The van der Waals surface area contributed by atoms with E-state index in [2.05, 4.69) is 10.2 Å². The van der Waals surface area contributed by atoms with Crippen molar-refractivity contribution in [3.63, 3.8) is 0 Å². The largest absolute Gasteiger partial charge is 0.298 e. The van der Waals surface area contributed by atoms with Gasteiger partial charge in [0.05, 0.1) is 0 Å². The Morgan fingerprint density at radius 3 is 2.94 bits per heavy atom. The molecule has 4 nitrogen and oxygen atoms in total. The summed E-state index contributed by atoms with van der Waals surface area (Å²) in [7, 11) is 0. The molecule has 5 heteroatoms. The Morgan fingerprint density at radius 1 is 1.33 bits per heavy atom. The first-order valence-corrected chi connectivity index (χ1v) is 7.39. The summed E-state index contributed by atoms with van der Waals surface area (Å²) in [5, 5.41) is 8.41. The number of fused-ring (bicyclic) bond motifs is 1. The van der Waals surface area contributed by atoms with E-state index in [1.54, 1.807) is 6.07 Å². The number of hydrogen-bond acceptors (Lipinski definition) is 4. The Bertz CT molecular complexity index is 560. The molecule has 0 amide bonds. The fraction of sp³-hybridized carbons (Fsp3) is 0.462. The van der Waals surface area contributed by atoms with Crippen molar-refractivity contribution in [2.24, 2.45) is 5.92 Å². The lowest BCUT2D eigenvalue weighted by atomic mass is 9.98. The van der Waals surface area contributed by atoms with Crippen LogP contribution in [0, 0.1) is 5.92 Å². The molecule has 2 aromatic heterocycles. The Kier molecular flexibility index (Phi) is 3.32. The van der Waals surface area contributed by atoms with E-state index in [0.717, 1.165) is 24.2 Å². The van der Waals surface area contributed by atoms with E-state index in [4.69, 9.17) is 0 Å². The molecule has 1 fully saturated rings. The van der Waals surface area contributed by atoms with Crippen molar-refractivity contribution >= 4 is 23.7 Å². The van der Waals surface area contributed by atoms with E-state index in [-0.39, 0.29) is 0 Å². The lowest BCUT2D eigenvalue weighted by Gasteiger charge is -2.20. The van der Waals surface area contributed by atoms with Crippen LogP contribution in [0.5, 0.6) is 0 Å². The number of carbonyl (C=O) groups excluding carboxylic acids is 1. The third kappa shape index (κ3) is 2.27. The van der Waals surface area contributed by atoms with Crippen LogP contribution >= 0.6 is 11.8 Å². The van der Waals surface area contributed by atoms with Gasteiger partial charge in [0.25, 0.3) is 0 Å². The Morgan fingerprint density at radius 2 is 2.17 bits per heavy atom. The highest BCUT2D eigenvalue weighted by Crippen LogP contribution is 2.25. The van der Waals surface area contributed by atoms with Gasteiger partial charge in [0, 0.05) is 18.2 Å². The van der Waals surface area contributed by atoms with E-state index in [9.17, 15) is 4.79 Å². The summed E-state index contributed by atoms with van der Waals surface area (Å²) in [5.41, 5.74) is 1.49. The summed E-state index contributed by atoms with van der Waals surface area (Å²) in [5.74, 6) is 4.19. The molecule has 2 aromatic rings. The van der Waals surface area contributed by atoms with Crippen LogP contribution in [0.2, 0.25) is 0 Å². The average Bonchev–Trinajstić information content (AvgIpc) is 2.82. The van der Waals surface area contributed by atoms with E-state index in [1.165, 1.54) is 24.3 Å². The first kappa shape index (κ1) is 11.7. The Hall–Kier alpha value is -1.36. The van der Waals surface area contributed by atoms with Crippen LogP contribution in [-0.4, -0.2) is 32.4 Å². The molecule has 0 radical (unpaired) electrons. The van der Waals surface area contributed by atoms with Crippen molar-refractivity contribution in [2.45, 2.75) is 19.3 Å². The van der Waals surface area contributed by atoms with E-state index >= 15 is 0 Å². The number of aldehydes is 1. The highest BCUT2D eigenvalue weighted by atomic mass is 32.2. The van der Waals surface area contributed by atoms with E-state index in [1.807, 2.05) is 28.4 Å². The second-order valence-corrected chi connectivity index (χ2v) is 5.91. The predicted octanol–water partition coefficient (Wildman–Crippen LogP) is 2.23. The van der Waals surface area contributed by atoms with Crippen LogP contribution in [0.15, 0.2) is 18.3 Å². The number of nitrogens with zero attached hydrogens (tertiary/aromatic N) is 3. The van der Waals surface area contributed by atoms with Gasteiger partial charge in [-0.15, -0.1) is 10.2 Å². The van der Waals surface area contributed by atoms with Crippen LogP contribution < -0.4 is 0 Å². The molecule has 94 valence electrons. The standard InChI is InChI=1S/C13H15N3OS/c17-9-11-1-2-12-14-15-13(16(12)8-11)7-10-3-5-18-6-4-10/h1-2,8-10H,3-7H2. The van der Waals surface area contributed by atoms with Gasteiger partial charge in [0.15, 0.2) is 11.9 Å². The van der Waals surface area contributed by atoms with Gasteiger partial charge in [-0.1, -0.05) is 0 Å². The van der Waals surface area contributed by atoms with Gasteiger partial charge in [-0.25, -0.2) is 0 Å². The van der Waals surface area contributed by atoms with Crippen LogP contribution in [0.25, 0.3) is 5.65 Å². The molecule has 0 aliphatic carbocycles. The van der Waals surface area contributed by atoms with Crippen LogP contribution in [-0.2, 0) is 6.42 Å². The fourth-order valence-corrected chi connectivity index (χ4v) is 3.58. The number of aromatic nitrogens is 3. The van der Waals surface area contributed by atoms with Gasteiger partial charge in [-0.3, -0.25) is 9.20 Å². The van der Waals surface area contributed by atoms with Crippen molar-refractivity contribution in [1.29, 1.82) is 0 Å². The number of thioether (sulfide) groups is 1. The molecule has 0 aromatic carbocycles. The molecular weight excluding hydrogens is 246 g/mol. The lowest BCUT2D eigenvalue weighted by Crippen LogP contribution is -2.14. The highest BCUT2D eigenvalue weighted by molar-refractivity contribution is 7.99. The normalized spacial score (nSPS) is 17.1. The molecule has 0 unspecified atom stereocenters. The molecule has 3 rings (SSSR count). The molecular formula is C13H15N3OS. The zero-order chi connectivity index (χ0) is 12.4. The van der Waals surface area contributed by atoms with Crippen molar-refractivity contribution in [1.82, 2.24) is 14.6 Å². The lowest BCUT2D eigenvalue weighted by molar-refractivity contribution is 0.112. The summed E-state index contributed by atoms with van der Waals surface area (Å²) in [4.78, 5) is 10.8. The molecule has 1 aliphatic heterocycles. The molecule has 1 saturated heterocycles. The molecule has 0 spiro atoms. The first-order chi connectivity index (χ1) is 8.86. The minimum atomic E-state index is 0.669. The Labute approximate surface area is 110 Å². The highest BCUT2D eigenvalue weighted by Gasteiger charge is 2.17. The molecule has 0 saturated carbocycles. The molecule has 3 heterocycles. The van der Waals surface area contributed by atoms with Crippen LogP contribution in [0.1, 0.15) is 29.0 Å². The zero-order valence-electron chi connectivity index (χ0n) is 10.1. The summed E-state index contributed by atoms with van der Waals surface area (Å²) >= 11 is 2.03. The molecule has 0 bridgehead atoms. The fourth-order valence-electron chi connectivity index (χ4n) is 2.37. The summed E-state index contributed by atoms with van der Waals surface area (Å²) < 4.78 is 1.95. The van der Waals surface area contributed by atoms with Gasteiger partial charge in [-0.2, -0.15) is 11.8 Å². The molecule has 1 aliphatic rings. The van der Waals surface area contributed by atoms with E-state index < -0.39 is 0 Å². The topological polar surface area (TPSA) is 47.3 Å². The monoisotopic (exact) mass is 261 g/mol. The zero-order valence-corrected chi connectivity index (χ0v) is 10.9. The van der Waals surface area contributed by atoms with Gasteiger partial charge in [0.2, 0.25) is 0 Å². The molecule has 0 N–H and O–H groups in total. The number of pyridine rings is 1. The van der Waals surface area contributed by atoms with Crippen molar-refractivity contribution in [2.75, 3.05) is 11.5 Å². The number of rotatable bonds is 3. The van der Waals surface area contributed by atoms with Crippen LogP contribution in [0.4, 0.5) is 0 Å². The second-order valence-electron chi connectivity index (χ2n) is 4.68. The van der Waals surface area contributed by atoms with Crippen molar-refractivity contribution in [3.05, 3.63) is 29.7 Å². The summed E-state index contributed by atoms with van der Waals surface area (Å²) in [6, 6.07) is 3.62. The van der Waals surface area contributed by atoms with Gasteiger partial charge < -0.3 is 0 Å². The van der Waals surface area contributed by atoms with Gasteiger partial charge in [-0.05, 0) is 42.4 Å². The second kappa shape index (κ2) is 5.10. The third-order valence-corrected chi connectivity index (χ3v) is 4.49. The molecule has 18 heavy (non-hydrogen) atoms. The SMILES string of the molecule is O=Cc1ccc2nnc(CC3CCSCC3)n2c1. The third-order valence-electron chi connectivity index (χ3n) is 3.44. The maximum Gasteiger partial charge on any atom is 0.160 e. The first-order valence-electron chi connectivity index (χ1n) is 6.23.